The molecule has 0 aromatic heterocycles. The Labute approximate surface area is 174 Å². The number of rotatable bonds is 4. The summed E-state index contributed by atoms with van der Waals surface area (Å²) in [4.78, 5) is 27.8. The standard InChI is InChI=1S/C23H20ClN3O2/c24-18-10-12-19(13-11-18)25-23(29)26-21(17-7-2-1-3-8-17)22(28)27-15-14-16-6-4-5-9-20(16)27/h1-13,21H,14-15H2,(H2,25,26,29). The van der Waals surface area contributed by atoms with Gasteiger partial charge in [0.1, 0.15) is 6.04 Å². The van der Waals surface area contributed by atoms with Crippen molar-refractivity contribution >= 4 is 34.9 Å². The van der Waals surface area contributed by atoms with Crippen LogP contribution >= 0.6 is 11.6 Å². The van der Waals surface area contributed by atoms with E-state index in [0.717, 1.165) is 23.2 Å². The van der Waals surface area contributed by atoms with Crippen LogP contribution in [0.15, 0.2) is 78.9 Å². The zero-order chi connectivity index (χ0) is 20.2. The van der Waals surface area contributed by atoms with Gasteiger partial charge in [-0.15, -0.1) is 0 Å². The molecule has 0 saturated carbocycles. The van der Waals surface area contributed by atoms with Gasteiger partial charge in [-0.3, -0.25) is 4.79 Å². The fraction of sp³-hybridized carbons (Fsp3) is 0.130. The van der Waals surface area contributed by atoms with Crippen LogP contribution in [0.25, 0.3) is 0 Å². The van der Waals surface area contributed by atoms with Crippen LogP contribution in [0.4, 0.5) is 16.2 Å². The van der Waals surface area contributed by atoms with Crippen molar-refractivity contribution in [3.63, 3.8) is 0 Å². The lowest BCUT2D eigenvalue weighted by atomic mass is 10.1. The maximum absolute atomic E-state index is 13.4. The van der Waals surface area contributed by atoms with Gasteiger partial charge in [0.05, 0.1) is 0 Å². The van der Waals surface area contributed by atoms with Gasteiger partial charge < -0.3 is 15.5 Å². The van der Waals surface area contributed by atoms with Crippen LogP contribution in [0.5, 0.6) is 0 Å². The molecule has 3 amide bonds. The second kappa shape index (κ2) is 8.37. The van der Waals surface area contributed by atoms with Crippen LogP contribution in [-0.2, 0) is 11.2 Å². The van der Waals surface area contributed by atoms with E-state index in [2.05, 4.69) is 10.6 Å². The molecule has 0 saturated heterocycles. The van der Waals surface area contributed by atoms with Crippen LogP contribution in [-0.4, -0.2) is 18.5 Å². The molecule has 5 nitrogen and oxygen atoms in total. The maximum atomic E-state index is 13.4. The Bertz CT molecular complexity index is 1020. The van der Waals surface area contributed by atoms with E-state index in [-0.39, 0.29) is 5.91 Å². The van der Waals surface area contributed by atoms with Gasteiger partial charge in [0, 0.05) is 22.9 Å². The molecule has 29 heavy (non-hydrogen) atoms. The van der Waals surface area contributed by atoms with Gasteiger partial charge in [0.25, 0.3) is 5.91 Å². The number of hydrogen-bond donors (Lipinski definition) is 2. The smallest absolute Gasteiger partial charge is 0.320 e. The topological polar surface area (TPSA) is 61.4 Å². The number of hydrogen-bond acceptors (Lipinski definition) is 2. The third-order valence-corrected chi connectivity index (χ3v) is 5.16. The summed E-state index contributed by atoms with van der Waals surface area (Å²) >= 11 is 5.89. The van der Waals surface area contributed by atoms with Crippen LogP contribution in [0.3, 0.4) is 0 Å². The Morgan fingerprint density at radius 3 is 2.34 bits per heavy atom. The van der Waals surface area contributed by atoms with Gasteiger partial charge in [-0.05, 0) is 47.9 Å². The number of halogens is 1. The SMILES string of the molecule is O=C(Nc1ccc(Cl)cc1)NC(C(=O)N1CCc2ccccc21)c1ccccc1. The highest BCUT2D eigenvalue weighted by Gasteiger charge is 2.32. The Hall–Kier alpha value is -3.31. The average molecular weight is 406 g/mol. The van der Waals surface area contributed by atoms with E-state index < -0.39 is 12.1 Å². The molecule has 0 bridgehead atoms. The van der Waals surface area contributed by atoms with E-state index in [1.807, 2.05) is 54.6 Å². The second-order valence-electron chi connectivity index (χ2n) is 6.82. The highest BCUT2D eigenvalue weighted by Crippen LogP contribution is 2.30. The summed E-state index contributed by atoms with van der Waals surface area (Å²) in [6.45, 7) is 0.599. The normalized spacial score (nSPS) is 13.5. The van der Waals surface area contributed by atoms with Gasteiger partial charge in [0.15, 0.2) is 0 Å². The number of benzene rings is 3. The zero-order valence-corrected chi connectivity index (χ0v) is 16.4. The van der Waals surface area contributed by atoms with Crippen LogP contribution in [0, 0.1) is 0 Å². The summed E-state index contributed by atoms with van der Waals surface area (Å²) in [6, 6.07) is 22.7. The van der Waals surface area contributed by atoms with Gasteiger partial charge in [-0.1, -0.05) is 60.1 Å². The average Bonchev–Trinajstić information content (AvgIpc) is 3.18. The van der Waals surface area contributed by atoms with Crippen molar-refractivity contribution in [2.75, 3.05) is 16.8 Å². The first-order chi connectivity index (χ1) is 14.1. The lowest BCUT2D eigenvalue weighted by Gasteiger charge is -2.25. The van der Waals surface area contributed by atoms with Crippen molar-refractivity contribution in [1.29, 1.82) is 0 Å². The molecule has 1 atom stereocenters. The summed E-state index contributed by atoms with van der Waals surface area (Å²) in [6.07, 6.45) is 0.806. The number of anilines is 2. The third-order valence-electron chi connectivity index (χ3n) is 4.91. The molecule has 2 N–H and O–H groups in total. The van der Waals surface area contributed by atoms with Gasteiger partial charge in [-0.2, -0.15) is 0 Å². The molecule has 1 aliphatic rings. The van der Waals surface area contributed by atoms with Gasteiger partial charge >= 0.3 is 6.03 Å². The molecular weight excluding hydrogens is 386 g/mol. The van der Waals surface area contributed by atoms with Crippen molar-refractivity contribution in [1.82, 2.24) is 5.32 Å². The summed E-state index contributed by atoms with van der Waals surface area (Å²) in [7, 11) is 0. The molecule has 0 fully saturated rings. The number of carbonyl (C=O) groups is 2. The summed E-state index contributed by atoms with van der Waals surface area (Å²) in [5.74, 6) is -0.160. The first-order valence-corrected chi connectivity index (χ1v) is 9.77. The highest BCUT2D eigenvalue weighted by molar-refractivity contribution is 6.30. The minimum atomic E-state index is -0.797. The zero-order valence-electron chi connectivity index (χ0n) is 15.6. The lowest BCUT2D eigenvalue weighted by molar-refractivity contribution is -0.120. The molecule has 0 spiro atoms. The molecule has 0 aliphatic carbocycles. The van der Waals surface area contributed by atoms with E-state index in [1.54, 1.807) is 29.2 Å². The molecule has 1 heterocycles. The highest BCUT2D eigenvalue weighted by atomic mass is 35.5. The number of urea groups is 1. The number of fused-ring (bicyclic) bond motifs is 1. The molecule has 3 aromatic rings. The fourth-order valence-electron chi connectivity index (χ4n) is 3.49. The van der Waals surface area contributed by atoms with Crippen molar-refractivity contribution in [3.05, 3.63) is 95.0 Å². The summed E-state index contributed by atoms with van der Waals surface area (Å²) in [5.41, 5.74) is 3.36. The molecule has 6 heteroatoms. The predicted octanol–water partition coefficient (Wildman–Crippen LogP) is 4.79. The van der Waals surface area contributed by atoms with Crippen molar-refractivity contribution in [2.24, 2.45) is 0 Å². The summed E-state index contributed by atoms with van der Waals surface area (Å²) < 4.78 is 0. The number of carbonyl (C=O) groups excluding carboxylic acids is 2. The van der Waals surface area contributed by atoms with E-state index in [9.17, 15) is 9.59 Å². The fourth-order valence-corrected chi connectivity index (χ4v) is 3.61. The number of para-hydroxylation sites is 1. The summed E-state index contributed by atoms with van der Waals surface area (Å²) in [5, 5.41) is 6.17. The molecular formula is C23H20ClN3O2. The largest absolute Gasteiger partial charge is 0.322 e. The Balaban J connectivity index is 1.56. The van der Waals surface area contributed by atoms with E-state index in [4.69, 9.17) is 11.6 Å². The number of nitrogens with one attached hydrogen (secondary N) is 2. The third kappa shape index (κ3) is 4.25. The van der Waals surface area contributed by atoms with Crippen molar-refractivity contribution < 1.29 is 9.59 Å². The first-order valence-electron chi connectivity index (χ1n) is 9.39. The maximum Gasteiger partial charge on any atom is 0.320 e. The van der Waals surface area contributed by atoms with Crippen molar-refractivity contribution in [3.8, 4) is 0 Å². The van der Waals surface area contributed by atoms with Crippen LogP contribution < -0.4 is 15.5 Å². The molecule has 3 aromatic carbocycles. The Morgan fingerprint density at radius 2 is 1.59 bits per heavy atom. The van der Waals surface area contributed by atoms with Crippen LogP contribution in [0.2, 0.25) is 5.02 Å². The second-order valence-corrected chi connectivity index (χ2v) is 7.25. The Kier molecular flexibility index (Phi) is 5.49. The van der Waals surface area contributed by atoms with Gasteiger partial charge in [-0.25, -0.2) is 4.79 Å². The van der Waals surface area contributed by atoms with Crippen LogP contribution in [0.1, 0.15) is 17.2 Å². The minimum Gasteiger partial charge on any atom is -0.322 e. The Morgan fingerprint density at radius 1 is 0.897 bits per heavy atom. The monoisotopic (exact) mass is 405 g/mol. The predicted molar refractivity (Wildman–Crippen MR) is 115 cm³/mol. The lowest BCUT2D eigenvalue weighted by Crippen LogP contribution is -2.43. The van der Waals surface area contributed by atoms with Crippen molar-refractivity contribution in [2.45, 2.75) is 12.5 Å². The minimum absolute atomic E-state index is 0.160. The molecule has 4 rings (SSSR count). The van der Waals surface area contributed by atoms with Gasteiger partial charge in [0.2, 0.25) is 0 Å². The number of nitrogens with zero attached hydrogens (tertiary/aromatic N) is 1. The molecule has 0 radical (unpaired) electrons. The number of amides is 3. The first kappa shape index (κ1) is 19.0. The van der Waals surface area contributed by atoms with E-state index >= 15 is 0 Å². The molecule has 1 unspecified atom stereocenters. The molecule has 146 valence electrons. The van der Waals surface area contributed by atoms with E-state index in [1.165, 1.54) is 0 Å². The van der Waals surface area contributed by atoms with E-state index in [0.29, 0.717) is 17.3 Å². The molecule has 1 aliphatic heterocycles. The quantitative estimate of drug-likeness (QED) is 0.655.